The van der Waals surface area contributed by atoms with Gasteiger partial charge in [0.05, 0.1) is 0 Å². The molecule has 0 unspecified atom stereocenters. The molecule has 1 saturated carbocycles. The van der Waals surface area contributed by atoms with Crippen molar-refractivity contribution in [2.45, 2.75) is 70.9 Å². The molecule has 0 heterocycles. The fourth-order valence-corrected chi connectivity index (χ4v) is 2.34. The van der Waals surface area contributed by atoms with Crippen molar-refractivity contribution in [2.75, 3.05) is 13.1 Å². The van der Waals surface area contributed by atoms with Crippen molar-refractivity contribution in [3.8, 4) is 0 Å². The van der Waals surface area contributed by atoms with Gasteiger partial charge < -0.3 is 15.4 Å². The van der Waals surface area contributed by atoms with E-state index < -0.39 is 5.60 Å². The lowest BCUT2D eigenvalue weighted by Crippen LogP contribution is -2.32. The molecule has 4 nitrogen and oxygen atoms in total. The molecule has 1 amide bonds. The van der Waals surface area contributed by atoms with Crippen LogP contribution in [0.5, 0.6) is 0 Å². The first-order valence-corrected chi connectivity index (χ1v) is 7.82. The molecule has 0 aromatic heterocycles. The first kappa shape index (κ1) is 17.0. The minimum absolute atomic E-state index is 0.362. The minimum Gasteiger partial charge on any atom is -0.444 e. The van der Waals surface area contributed by atoms with E-state index in [2.05, 4.69) is 16.7 Å². The summed E-state index contributed by atoms with van der Waals surface area (Å²) in [6.07, 6.45) is 11.7. The minimum atomic E-state index is -0.436. The zero-order chi connectivity index (χ0) is 14.8. The Bertz CT molecular complexity index is 300. The second-order valence-corrected chi connectivity index (χ2v) is 6.45. The lowest BCUT2D eigenvalue weighted by molar-refractivity contribution is 0.0534. The fourth-order valence-electron chi connectivity index (χ4n) is 2.34. The molecule has 0 radical (unpaired) electrons. The summed E-state index contributed by atoms with van der Waals surface area (Å²) in [5.74, 6) is 0. The van der Waals surface area contributed by atoms with Gasteiger partial charge in [0.1, 0.15) is 5.60 Å². The van der Waals surface area contributed by atoms with Crippen LogP contribution in [0.4, 0.5) is 4.79 Å². The molecule has 0 aliphatic heterocycles. The molecule has 4 heteroatoms. The maximum absolute atomic E-state index is 11.4. The van der Waals surface area contributed by atoms with E-state index in [1.54, 1.807) is 0 Å². The highest BCUT2D eigenvalue weighted by Crippen LogP contribution is 2.16. The van der Waals surface area contributed by atoms with Gasteiger partial charge in [-0.05, 0) is 33.6 Å². The summed E-state index contributed by atoms with van der Waals surface area (Å²) in [5, 5.41) is 6.27. The number of hydrogen-bond acceptors (Lipinski definition) is 3. The number of alkyl carbamates (subject to hydrolysis) is 1. The molecular weight excluding hydrogens is 252 g/mol. The van der Waals surface area contributed by atoms with Crippen LogP contribution in [0.3, 0.4) is 0 Å². The van der Waals surface area contributed by atoms with Crippen molar-refractivity contribution in [3.05, 3.63) is 12.2 Å². The Kier molecular flexibility index (Phi) is 7.67. The molecule has 1 aliphatic rings. The van der Waals surface area contributed by atoms with E-state index in [0.717, 1.165) is 6.54 Å². The average molecular weight is 282 g/mol. The predicted octanol–water partition coefficient (Wildman–Crippen LogP) is 3.38. The maximum Gasteiger partial charge on any atom is 0.407 e. The standard InChI is InChI=1S/C16H30N2O2/c1-16(2,3)20-15(19)18-13-9-8-12-17-14-10-6-4-5-7-11-14/h8-9,14,17H,4-7,10-13H2,1-3H3,(H,18,19)/b9-8+. The Balaban J connectivity index is 2.05. The second kappa shape index (κ2) is 9.01. The van der Waals surface area contributed by atoms with Crippen molar-refractivity contribution >= 4 is 6.09 Å². The highest BCUT2D eigenvalue weighted by molar-refractivity contribution is 5.67. The molecule has 1 aliphatic carbocycles. The van der Waals surface area contributed by atoms with E-state index in [1.165, 1.54) is 38.5 Å². The molecule has 20 heavy (non-hydrogen) atoms. The average Bonchev–Trinajstić information content (AvgIpc) is 2.60. The Morgan fingerprint density at radius 1 is 1.10 bits per heavy atom. The summed E-state index contributed by atoms with van der Waals surface area (Å²) in [5.41, 5.74) is -0.436. The van der Waals surface area contributed by atoms with E-state index in [4.69, 9.17) is 4.74 Å². The number of amides is 1. The van der Waals surface area contributed by atoms with Gasteiger partial charge in [-0.2, -0.15) is 0 Å². The largest absolute Gasteiger partial charge is 0.444 e. The highest BCUT2D eigenvalue weighted by Gasteiger charge is 2.15. The molecule has 0 atom stereocenters. The van der Waals surface area contributed by atoms with Gasteiger partial charge >= 0.3 is 6.09 Å². The molecule has 1 fully saturated rings. The number of nitrogens with one attached hydrogen (secondary N) is 2. The number of carbonyl (C=O) groups is 1. The molecular formula is C16H30N2O2. The van der Waals surface area contributed by atoms with E-state index in [-0.39, 0.29) is 6.09 Å². The van der Waals surface area contributed by atoms with Crippen molar-refractivity contribution in [1.82, 2.24) is 10.6 Å². The smallest absolute Gasteiger partial charge is 0.407 e. The third-order valence-electron chi connectivity index (χ3n) is 3.31. The summed E-state index contributed by atoms with van der Waals surface area (Å²) in [4.78, 5) is 11.4. The summed E-state index contributed by atoms with van der Waals surface area (Å²) < 4.78 is 5.15. The zero-order valence-electron chi connectivity index (χ0n) is 13.2. The molecule has 0 bridgehead atoms. The number of hydrogen-bond donors (Lipinski definition) is 2. The van der Waals surface area contributed by atoms with E-state index >= 15 is 0 Å². The number of carbonyl (C=O) groups excluding carboxylic acids is 1. The maximum atomic E-state index is 11.4. The van der Waals surface area contributed by atoms with E-state index in [1.807, 2.05) is 26.8 Å². The van der Waals surface area contributed by atoms with Gasteiger partial charge in [-0.15, -0.1) is 0 Å². The van der Waals surface area contributed by atoms with Crippen LogP contribution in [0.25, 0.3) is 0 Å². The van der Waals surface area contributed by atoms with Gasteiger partial charge in [-0.3, -0.25) is 0 Å². The van der Waals surface area contributed by atoms with Crippen LogP contribution in [-0.2, 0) is 4.74 Å². The van der Waals surface area contributed by atoms with E-state index in [9.17, 15) is 4.79 Å². The second-order valence-electron chi connectivity index (χ2n) is 6.45. The molecule has 0 aromatic rings. The summed E-state index contributed by atoms with van der Waals surface area (Å²) in [7, 11) is 0. The van der Waals surface area contributed by atoms with Gasteiger partial charge in [0, 0.05) is 19.1 Å². The Labute approximate surface area is 123 Å². The van der Waals surface area contributed by atoms with Crippen molar-refractivity contribution in [2.24, 2.45) is 0 Å². The molecule has 1 rings (SSSR count). The molecule has 0 aromatic carbocycles. The van der Waals surface area contributed by atoms with Crippen LogP contribution < -0.4 is 10.6 Å². The van der Waals surface area contributed by atoms with Gasteiger partial charge in [0.15, 0.2) is 0 Å². The summed E-state index contributed by atoms with van der Waals surface area (Å²) in [6.45, 7) is 6.97. The van der Waals surface area contributed by atoms with Gasteiger partial charge in [-0.25, -0.2) is 4.79 Å². The molecule has 0 saturated heterocycles. The van der Waals surface area contributed by atoms with Crippen molar-refractivity contribution in [3.63, 3.8) is 0 Å². The van der Waals surface area contributed by atoms with Crippen LogP contribution in [0.1, 0.15) is 59.3 Å². The summed E-state index contributed by atoms with van der Waals surface area (Å²) in [6, 6.07) is 0.668. The third-order valence-corrected chi connectivity index (χ3v) is 3.31. The lowest BCUT2D eigenvalue weighted by Gasteiger charge is -2.19. The van der Waals surface area contributed by atoms with Crippen LogP contribution in [0.2, 0.25) is 0 Å². The van der Waals surface area contributed by atoms with Crippen LogP contribution >= 0.6 is 0 Å². The third kappa shape index (κ3) is 8.97. The van der Waals surface area contributed by atoms with Crippen LogP contribution in [0, 0.1) is 0 Å². The van der Waals surface area contributed by atoms with Gasteiger partial charge in [0.2, 0.25) is 0 Å². The van der Waals surface area contributed by atoms with Gasteiger partial charge in [0.25, 0.3) is 0 Å². The molecule has 0 spiro atoms. The SMILES string of the molecule is CC(C)(C)OC(=O)NC/C=C/CNC1CCCCCC1. The van der Waals surface area contributed by atoms with Crippen molar-refractivity contribution in [1.29, 1.82) is 0 Å². The zero-order valence-corrected chi connectivity index (χ0v) is 13.2. The molecule has 116 valence electrons. The Morgan fingerprint density at radius 3 is 2.30 bits per heavy atom. The molecule has 2 N–H and O–H groups in total. The van der Waals surface area contributed by atoms with Crippen LogP contribution in [0.15, 0.2) is 12.2 Å². The quantitative estimate of drug-likeness (QED) is 0.600. The predicted molar refractivity (Wildman–Crippen MR) is 82.9 cm³/mol. The van der Waals surface area contributed by atoms with Crippen LogP contribution in [-0.4, -0.2) is 30.8 Å². The number of rotatable bonds is 5. The van der Waals surface area contributed by atoms with Crippen molar-refractivity contribution < 1.29 is 9.53 Å². The first-order valence-electron chi connectivity index (χ1n) is 7.82. The van der Waals surface area contributed by atoms with E-state index in [0.29, 0.717) is 12.6 Å². The lowest BCUT2D eigenvalue weighted by atomic mass is 10.1. The summed E-state index contributed by atoms with van der Waals surface area (Å²) >= 11 is 0. The normalized spacial score (nSPS) is 17.9. The topological polar surface area (TPSA) is 50.4 Å². The number of ether oxygens (including phenoxy) is 1. The highest BCUT2D eigenvalue weighted by atomic mass is 16.6. The van der Waals surface area contributed by atoms with Gasteiger partial charge in [-0.1, -0.05) is 37.8 Å². The monoisotopic (exact) mass is 282 g/mol. The fraction of sp³-hybridized carbons (Fsp3) is 0.812. The Hall–Kier alpha value is -1.03. The Morgan fingerprint density at radius 2 is 1.70 bits per heavy atom. The first-order chi connectivity index (χ1) is 9.47.